The third-order valence-corrected chi connectivity index (χ3v) is 4.69. The number of rotatable bonds is 3. The molecule has 2 saturated heterocycles. The van der Waals surface area contributed by atoms with Crippen LogP contribution in [-0.2, 0) is 9.53 Å². The molecule has 1 unspecified atom stereocenters. The molecule has 1 amide bonds. The Bertz CT molecular complexity index is 340. The highest BCUT2D eigenvalue weighted by molar-refractivity contribution is 5.79. The van der Waals surface area contributed by atoms with Gasteiger partial charge in [0.1, 0.15) is 0 Å². The summed E-state index contributed by atoms with van der Waals surface area (Å²) in [6.07, 6.45) is 1.40. The Kier molecular flexibility index (Phi) is 5.63. The molecule has 1 atom stereocenters. The molecule has 5 nitrogen and oxygen atoms in total. The van der Waals surface area contributed by atoms with Gasteiger partial charge >= 0.3 is 0 Å². The lowest BCUT2D eigenvalue weighted by atomic mass is 9.89. The summed E-state index contributed by atoms with van der Waals surface area (Å²) in [4.78, 5) is 16.7. The lowest BCUT2D eigenvalue weighted by Crippen LogP contribution is -2.53. The lowest BCUT2D eigenvalue weighted by molar-refractivity contribution is -0.140. The van der Waals surface area contributed by atoms with E-state index in [1.165, 1.54) is 0 Å². The number of carbonyl (C=O) groups is 1. The second kappa shape index (κ2) is 7.07. The van der Waals surface area contributed by atoms with Gasteiger partial charge in [-0.3, -0.25) is 9.69 Å². The molecule has 0 aromatic rings. The molecule has 0 aliphatic carbocycles. The summed E-state index contributed by atoms with van der Waals surface area (Å²) in [6, 6.07) is 0. The molecule has 5 heteroatoms. The number of aliphatic hydroxyl groups is 1. The van der Waals surface area contributed by atoms with Crippen LogP contribution in [0.3, 0.4) is 0 Å². The first-order valence-corrected chi connectivity index (χ1v) is 8.15. The van der Waals surface area contributed by atoms with Crippen LogP contribution in [0.2, 0.25) is 0 Å². The van der Waals surface area contributed by atoms with Gasteiger partial charge in [-0.15, -0.1) is 0 Å². The SMILES string of the molecule is CC(C)(C)C(O)CN1CCN(C(=O)C2CCOCC2)CC1. The van der Waals surface area contributed by atoms with E-state index >= 15 is 0 Å². The summed E-state index contributed by atoms with van der Waals surface area (Å²) in [7, 11) is 0. The van der Waals surface area contributed by atoms with E-state index in [0.717, 1.165) is 39.0 Å². The number of β-amino-alcohol motifs (C(OH)–C–C–N with tert-alkyl or cyclic N) is 1. The van der Waals surface area contributed by atoms with Crippen LogP contribution >= 0.6 is 0 Å². The van der Waals surface area contributed by atoms with Crippen LogP contribution in [0.1, 0.15) is 33.6 Å². The number of hydrogen-bond donors (Lipinski definition) is 1. The van der Waals surface area contributed by atoms with Crippen molar-refractivity contribution in [3.05, 3.63) is 0 Å². The molecule has 122 valence electrons. The van der Waals surface area contributed by atoms with Crippen molar-refractivity contribution < 1.29 is 14.6 Å². The summed E-state index contributed by atoms with van der Waals surface area (Å²) < 4.78 is 5.32. The maximum atomic E-state index is 12.4. The Morgan fingerprint density at radius 1 is 1.19 bits per heavy atom. The van der Waals surface area contributed by atoms with Gasteiger partial charge in [0.2, 0.25) is 5.91 Å². The van der Waals surface area contributed by atoms with E-state index in [1.54, 1.807) is 0 Å². The summed E-state index contributed by atoms with van der Waals surface area (Å²) in [5.74, 6) is 0.458. The van der Waals surface area contributed by atoms with E-state index in [9.17, 15) is 9.90 Å². The quantitative estimate of drug-likeness (QED) is 0.843. The van der Waals surface area contributed by atoms with Crippen molar-refractivity contribution in [2.24, 2.45) is 11.3 Å². The molecule has 0 spiro atoms. The second-order valence-corrected chi connectivity index (χ2v) is 7.39. The minimum atomic E-state index is -0.324. The van der Waals surface area contributed by atoms with Crippen LogP contribution in [0.5, 0.6) is 0 Å². The summed E-state index contributed by atoms with van der Waals surface area (Å²) in [5.41, 5.74) is -0.0882. The predicted molar refractivity (Wildman–Crippen MR) is 82.0 cm³/mol. The smallest absolute Gasteiger partial charge is 0.225 e. The van der Waals surface area contributed by atoms with Gasteiger partial charge in [0.05, 0.1) is 6.10 Å². The standard InChI is InChI=1S/C16H30N2O3/c1-16(2,3)14(19)12-17-6-8-18(9-7-17)15(20)13-4-10-21-11-5-13/h13-14,19H,4-12H2,1-3H3. The largest absolute Gasteiger partial charge is 0.391 e. The molecule has 2 rings (SSSR count). The Labute approximate surface area is 128 Å². The van der Waals surface area contributed by atoms with Crippen molar-refractivity contribution in [1.82, 2.24) is 9.80 Å². The van der Waals surface area contributed by atoms with Crippen LogP contribution in [0.25, 0.3) is 0 Å². The molecule has 0 aromatic heterocycles. The number of amides is 1. The average molecular weight is 298 g/mol. The first-order valence-electron chi connectivity index (χ1n) is 8.15. The van der Waals surface area contributed by atoms with Crippen LogP contribution in [0.4, 0.5) is 0 Å². The topological polar surface area (TPSA) is 53.0 Å². The number of aliphatic hydroxyl groups excluding tert-OH is 1. The number of carbonyl (C=O) groups excluding carboxylic acids is 1. The van der Waals surface area contributed by atoms with Crippen molar-refractivity contribution >= 4 is 5.91 Å². The van der Waals surface area contributed by atoms with Crippen molar-refractivity contribution in [2.45, 2.75) is 39.7 Å². The third-order valence-electron chi connectivity index (χ3n) is 4.69. The second-order valence-electron chi connectivity index (χ2n) is 7.39. The van der Waals surface area contributed by atoms with Gasteiger partial charge in [0, 0.05) is 51.9 Å². The van der Waals surface area contributed by atoms with E-state index < -0.39 is 0 Å². The highest BCUT2D eigenvalue weighted by Crippen LogP contribution is 2.21. The van der Waals surface area contributed by atoms with Gasteiger partial charge < -0.3 is 14.7 Å². The summed E-state index contributed by atoms with van der Waals surface area (Å²) in [6.45, 7) is 11.6. The fourth-order valence-corrected chi connectivity index (χ4v) is 2.87. The van der Waals surface area contributed by atoms with Gasteiger partial charge in [0.25, 0.3) is 0 Å². The summed E-state index contributed by atoms with van der Waals surface area (Å²) >= 11 is 0. The van der Waals surface area contributed by atoms with Crippen molar-refractivity contribution in [2.75, 3.05) is 45.9 Å². The van der Waals surface area contributed by atoms with E-state index in [4.69, 9.17) is 4.74 Å². The van der Waals surface area contributed by atoms with Crippen molar-refractivity contribution in [3.63, 3.8) is 0 Å². The molecular formula is C16H30N2O3. The van der Waals surface area contributed by atoms with Gasteiger partial charge in [-0.1, -0.05) is 20.8 Å². The van der Waals surface area contributed by atoms with E-state index in [0.29, 0.717) is 25.7 Å². The first kappa shape index (κ1) is 16.7. The molecule has 0 saturated carbocycles. The predicted octanol–water partition coefficient (Wildman–Crippen LogP) is 0.964. The van der Waals surface area contributed by atoms with Crippen molar-refractivity contribution in [3.8, 4) is 0 Å². The lowest BCUT2D eigenvalue weighted by Gasteiger charge is -2.39. The van der Waals surface area contributed by atoms with Crippen LogP contribution in [0, 0.1) is 11.3 Å². The number of piperazine rings is 1. The minimum absolute atomic E-state index is 0.0882. The van der Waals surface area contributed by atoms with E-state index in [1.807, 2.05) is 4.90 Å². The molecular weight excluding hydrogens is 268 g/mol. The van der Waals surface area contributed by atoms with E-state index in [-0.39, 0.29) is 17.4 Å². The van der Waals surface area contributed by atoms with Crippen LogP contribution < -0.4 is 0 Å². The fraction of sp³-hybridized carbons (Fsp3) is 0.938. The first-order chi connectivity index (χ1) is 9.88. The average Bonchev–Trinajstić information content (AvgIpc) is 2.47. The Balaban J connectivity index is 1.76. The molecule has 21 heavy (non-hydrogen) atoms. The fourth-order valence-electron chi connectivity index (χ4n) is 2.87. The molecule has 0 radical (unpaired) electrons. The van der Waals surface area contributed by atoms with Gasteiger partial charge in [0.15, 0.2) is 0 Å². The van der Waals surface area contributed by atoms with Gasteiger partial charge in [-0.2, -0.15) is 0 Å². The molecule has 1 N–H and O–H groups in total. The minimum Gasteiger partial charge on any atom is -0.391 e. The monoisotopic (exact) mass is 298 g/mol. The van der Waals surface area contributed by atoms with Gasteiger partial charge in [-0.05, 0) is 18.3 Å². The van der Waals surface area contributed by atoms with E-state index in [2.05, 4.69) is 25.7 Å². The highest BCUT2D eigenvalue weighted by atomic mass is 16.5. The van der Waals surface area contributed by atoms with Crippen LogP contribution in [-0.4, -0.2) is 72.9 Å². The maximum absolute atomic E-state index is 12.4. The molecule has 0 bridgehead atoms. The number of ether oxygens (including phenoxy) is 1. The Hall–Kier alpha value is -0.650. The molecule has 2 aliphatic heterocycles. The van der Waals surface area contributed by atoms with Crippen molar-refractivity contribution in [1.29, 1.82) is 0 Å². The highest BCUT2D eigenvalue weighted by Gasteiger charge is 2.30. The van der Waals surface area contributed by atoms with Crippen LogP contribution in [0.15, 0.2) is 0 Å². The zero-order chi connectivity index (χ0) is 15.5. The number of nitrogens with zero attached hydrogens (tertiary/aromatic N) is 2. The zero-order valence-electron chi connectivity index (χ0n) is 13.7. The maximum Gasteiger partial charge on any atom is 0.225 e. The molecule has 0 aromatic carbocycles. The molecule has 2 heterocycles. The molecule has 2 fully saturated rings. The molecule has 2 aliphatic rings. The normalized spacial score (nSPS) is 24.1. The summed E-state index contributed by atoms with van der Waals surface area (Å²) in [5, 5.41) is 10.2. The Morgan fingerprint density at radius 3 is 2.29 bits per heavy atom. The number of hydrogen-bond acceptors (Lipinski definition) is 4. The third kappa shape index (κ3) is 4.66. The Morgan fingerprint density at radius 2 is 1.76 bits per heavy atom. The van der Waals surface area contributed by atoms with Gasteiger partial charge in [-0.25, -0.2) is 0 Å². The zero-order valence-corrected chi connectivity index (χ0v) is 13.7.